The summed E-state index contributed by atoms with van der Waals surface area (Å²) in [4.78, 5) is 40.9. The first-order valence-corrected chi connectivity index (χ1v) is 12.3. The van der Waals surface area contributed by atoms with E-state index in [1.165, 1.54) is 18.2 Å². The zero-order chi connectivity index (χ0) is 27.2. The third-order valence-electron chi connectivity index (χ3n) is 5.89. The van der Waals surface area contributed by atoms with E-state index in [2.05, 4.69) is 15.8 Å². The molecule has 10 heteroatoms. The smallest absolute Gasteiger partial charge is 0.248 e. The summed E-state index contributed by atoms with van der Waals surface area (Å²) in [5.74, 6) is -1.61. The van der Waals surface area contributed by atoms with Crippen molar-refractivity contribution in [3.05, 3.63) is 76.8 Å². The van der Waals surface area contributed by atoms with Crippen molar-refractivity contribution in [1.29, 1.82) is 0 Å². The summed E-state index contributed by atoms with van der Waals surface area (Å²) in [5, 5.41) is 9.44. The van der Waals surface area contributed by atoms with Crippen LogP contribution in [0, 0.1) is 12.7 Å². The van der Waals surface area contributed by atoms with Crippen LogP contribution in [-0.4, -0.2) is 28.4 Å². The van der Waals surface area contributed by atoms with Gasteiger partial charge in [0.25, 0.3) is 0 Å². The molecule has 0 bridgehead atoms. The molecule has 0 saturated heterocycles. The van der Waals surface area contributed by atoms with Crippen LogP contribution < -0.4 is 15.5 Å². The summed E-state index contributed by atoms with van der Waals surface area (Å²) < 4.78 is 20.0. The first kappa shape index (κ1) is 27.9. The Bertz CT molecular complexity index is 1280. The number of rotatable bonds is 10. The number of nitrogens with zero attached hydrogens (tertiary/aromatic N) is 2. The van der Waals surface area contributed by atoms with Gasteiger partial charge in [0.15, 0.2) is 5.82 Å². The highest BCUT2D eigenvalue weighted by molar-refractivity contribution is 6.31. The maximum absolute atomic E-state index is 15.1. The Kier molecular flexibility index (Phi) is 9.04. The van der Waals surface area contributed by atoms with E-state index >= 15 is 4.39 Å². The van der Waals surface area contributed by atoms with Gasteiger partial charge in [0.1, 0.15) is 17.6 Å². The van der Waals surface area contributed by atoms with E-state index in [0.29, 0.717) is 17.7 Å². The lowest BCUT2D eigenvalue weighted by Crippen LogP contribution is -2.50. The second kappa shape index (κ2) is 12.0. The number of hydrogen-bond donors (Lipinski definition) is 2. The van der Waals surface area contributed by atoms with E-state index in [-0.39, 0.29) is 29.4 Å². The van der Waals surface area contributed by atoms with E-state index in [1.807, 2.05) is 20.8 Å². The lowest BCUT2D eigenvalue weighted by atomic mass is 9.97. The summed E-state index contributed by atoms with van der Waals surface area (Å²) in [7, 11) is 0. The highest BCUT2D eigenvalue weighted by Crippen LogP contribution is 2.34. The fourth-order valence-corrected chi connectivity index (χ4v) is 3.86. The van der Waals surface area contributed by atoms with Crippen LogP contribution >= 0.6 is 11.6 Å². The summed E-state index contributed by atoms with van der Waals surface area (Å²) in [6.07, 6.45) is 0.0821. The summed E-state index contributed by atoms with van der Waals surface area (Å²) in [6.45, 7) is 7.29. The number of amides is 3. The molecule has 0 unspecified atom stereocenters. The Labute approximate surface area is 220 Å². The number of anilines is 2. The summed E-state index contributed by atoms with van der Waals surface area (Å²) in [5.41, 5.74) is -0.377. The molecule has 0 fully saturated rings. The van der Waals surface area contributed by atoms with Crippen molar-refractivity contribution < 1.29 is 23.3 Å². The lowest BCUT2D eigenvalue weighted by molar-refractivity contribution is -0.128. The summed E-state index contributed by atoms with van der Waals surface area (Å²) in [6, 6.07) is 12.5. The van der Waals surface area contributed by atoms with Crippen molar-refractivity contribution >= 4 is 40.8 Å². The number of carbonyl (C=O) groups is 3. The zero-order valence-corrected chi connectivity index (χ0v) is 21.9. The molecule has 0 saturated carbocycles. The molecule has 0 aliphatic carbocycles. The number of aryl methyl sites for hydroxylation is 1. The Morgan fingerprint density at radius 2 is 1.78 bits per heavy atom. The maximum Gasteiger partial charge on any atom is 0.248 e. The minimum atomic E-state index is -1.29. The van der Waals surface area contributed by atoms with E-state index in [1.54, 1.807) is 43.3 Å². The van der Waals surface area contributed by atoms with Crippen LogP contribution in [0.15, 0.2) is 59.1 Å². The minimum absolute atomic E-state index is 0.102. The molecule has 1 atom stereocenters. The predicted molar refractivity (Wildman–Crippen MR) is 140 cm³/mol. The van der Waals surface area contributed by atoms with Crippen LogP contribution in [-0.2, 0) is 14.4 Å². The topological polar surface area (TPSA) is 105 Å². The molecule has 2 N–H and O–H groups in total. The second-order valence-corrected chi connectivity index (χ2v) is 9.64. The molecule has 3 amide bonds. The van der Waals surface area contributed by atoms with Crippen molar-refractivity contribution in [2.45, 2.75) is 58.5 Å². The van der Waals surface area contributed by atoms with Crippen molar-refractivity contribution in [3.63, 3.8) is 0 Å². The van der Waals surface area contributed by atoms with Gasteiger partial charge < -0.3 is 15.2 Å². The average Bonchev–Trinajstić information content (AvgIpc) is 3.26. The molecule has 196 valence electrons. The molecular formula is C27H30ClFN4O4. The Morgan fingerprint density at radius 1 is 1.11 bits per heavy atom. The number of hydrogen-bond acceptors (Lipinski definition) is 5. The van der Waals surface area contributed by atoms with Crippen LogP contribution in [0.2, 0.25) is 5.02 Å². The van der Waals surface area contributed by atoms with Gasteiger partial charge in [-0.25, -0.2) is 4.39 Å². The largest absolute Gasteiger partial charge is 0.360 e. The van der Waals surface area contributed by atoms with Gasteiger partial charge in [-0.15, -0.1) is 0 Å². The number of benzene rings is 2. The molecule has 8 nitrogen and oxygen atoms in total. The van der Waals surface area contributed by atoms with E-state index in [4.69, 9.17) is 16.1 Å². The SMILES string of the molecule is CCC(C)(C)NC(=O)[C@H](c1ccccc1Cl)N(C(=O)CCC(=O)Nc1cc(C)on1)c1ccccc1F. The Hall–Kier alpha value is -3.72. The van der Waals surface area contributed by atoms with Crippen molar-refractivity contribution in [3.8, 4) is 0 Å². The molecule has 0 spiro atoms. The number of carbonyl (C=O) groups excluding carboxylic acids is 3. The Morgan fingerprint density at radius 3 is 2.41 bits per heavy atom. The molecule has 1 aromatic heterocycles. The molecule has 0 aliphatic heterocycles. The molecule has 0 radical (unpaired) electrons. The molecule has 37 heavy (non-hydrogen) atoms. The van der Waals surface area contributed by atoms with Gasteiger partial charge in [0, 0.05) is 35.0 Å². The normalized spacial score (nSPS) is 12.1. The molecule has 3 rings (SSSR count). The van der Waals surface area contributed by atoms with Crippen molar-refractivity contribution in [2.24, 2.45) is 0 Å². The van der Waals surface area contributed by atoms with Gasteiger partial charge in [-0.05, 0) is 45.4 Å². The van der Waals surface area contributed by atoms with Crippen LogP contribution in [0.3, 0.4) is 0 Å². The number of halogens is 2. The predicted octanol–water partition coefficient (Wildman–Crippen LogP) is 5.57. The molecule has 2 aromatic carbocycles. The number of aromatic nitrogens is 1. The van der Waals surface area contributed by atoms with Gasteiger partial charge in [-0.2, -0.15) is 0 Å². The maximum atomic E-state index is 15.1. The first-order valence-electron chi connectivity index (χ1n) is 11.9. The fraction of sp³-hybridized carbons (Fsp3) is 0.333. The van der Waals surface area contributed by atoms with Gasteiger partial charge in [-0.1, -0.05) is 54.0 Å². The monoisotopic (exact) mass is 528 g/mol. The molecular weight excluding hydrogens is 499 g/mol. The number of para-hydroxylation sites is 1. The molecule has 1 heterocycles. The van der Waals surface area contributed by atoms with E-state index in [9.17, 15) is 14.4 Å². The highest BCUT2D eigenvalue weighted by atomic mass is 35.5. The fourth-order valence-electron chi connectivity index (χ4n) is 3.62. The average molecular weight is 529 g/mol. The van der Waals surface area contributed by atoms with Crippen molar-refractivity contribution in [1.82, 2.24) is 10.5 Å². The summed E-state index contributed by atoms with van der Waals surface area (Å²) >= 11 is 6.47. The number of nitrogens with one attached hydrogen (secondary N) is 2. The quantitative estimate of drug-likeness (QED) is 0.358. The van der Waals surface area contributed by atoms with Gasteiger partial charge in [-0.3, -0.25) is 19.3 Å². The van der Waals surface area contributed by atoms with Gasteiger partial charge in [0.05, 0.1) is 5.69 Å². The minimum Gasteiger partial charge on any atom is -0.360 e. The third-order valence-corrected chi connectivity index (χ3v) is 6.24. The van der Waals surface area contributed by atoms with E-state index in [0.717, 1.165) is 4.90 Å². The van der Waals surface area contributed by atoms with Crippen molar-refractivity contribution in [2.75, 3.05) is 10.2 Å². The van der Waals surface area contributed by atoms with Crippen LogP contribution in [0.5, 0.6) is 0 Å². The highest BCUT2D eigenvalue weighted by Gasteiger charge is 2.37. The first-order chi connectivity index (χ1) is 17.5. The zero-order valence-electron chi connectivity index (χ0n) is 21.2. The standard InChI is InChI=1S/C27H30ClFN4O4/c1-5-27(3,4)31-26(36)25(18-10-6-7-11-19(18)28)33(21-13-9-8-12-20(21)29)24(35)15-14-23(34)30-22-16-17(2)37-32-22/h6-13,16,25H,5,14-15H2,1-4H3,(H,31,36)(H,30,32,34)/t25-/m0/s1. The van der Waals surface area contributed by atoms with Gasteiger partial charge in [0.2, 0.25) is 17.7 Å². The van der Waals surface area contributed by atoms with Crippen LogP contribution in [0.1, 0.15) is 57.4 Å². The molecule has 0 aliphatic rings. The third kappa shape index (κ3) is 7.16. The second-order valence-electron chi connectivity index (χ2n) is 9.24. The molecule has 3 aromatic rings. The van der Waals surface area contributed by atoms with E-state index < -0.39 is 35.1 Å². The van der Waals surface area contributed by atoms with Gasteiger partial charge >= 0.3 is 0 Å². The Balaban J connectivity index is 1.99. The lowest BCUT2D eigenvalue weighted by Gasteiger charge is -2.35. The van der Waals surface area contributed by atoms with Crippen LogP contribution in [0.25, 0.3) is 0 Å². The van der Waals surface area contributed by atoms with Crippen LogP contribution in [0.4, 0.5) is 15.9 Å².